The number of halogens is 2. The summed E-state index contributed by atoms with van der Waals surface area (Å²) in [5.74, 6) is 0.592. The molecule has 2 N–H and O–H groups in total. The molecule has 0 saturated carbocycles. The fourth-order valence-electron chi connectivity index (χ4n) is 2.91. The molecule has 7 heteroatoms. The Balaban J connectivity index is 1.38. The summed E-state index contributed by atoms with van der Waals surface area (Å²) in [4.78, 5) is 13.1. The van der Waals surface area contributed by atoms with Gasteiger partial charge in [-0.05, 0) is 54.7 Å². The van der Waals surface area contributed by atoms with Gasteiger partial charge in [0.25, 0.3) is 0 Å². The largest absolute Gasteiger partial charge is 0.489 e. The van der Waals surface area contributed by atoms with Gasteiger partial charge in [0.15, 0.2) is 0 Å². The summed E-state index contributed by atoms with van der Waals surface area (Å²) in [6, 6.07) is 11.5. The van der Waals surface area contributed by atoms with Crippen molar-refractivity contribution in [3.05, 3.63) is 57.6 Å². The van der Waals surface area contributed by atoms with Crippen molar-refractivity contribution < 1.29 is 14.6 Å². The molecule has 1 aliphatic rings. The molecule has 0 bridgehead atoms. The first-order valence-electron chi connectivity index (χ1n) is 8.79. The number of thioether (sulfide) groups is 1. The molecular weight excluding hydrogens is 405 g/mol. The van der Waals surface area contributed by atoms with Crippen molar-refractivity contribution in [2.75, 3.05) is 18.9 Å². The molecule has 1 aliphatic carbocycles. The first-order chi connectivity index (χ1) is 13.0. The number of hydrogen-bond donors (Lipinski definition) is 2. The number of aliphatic hydroxyl groups excluding tert-OH is 1. The number of ether oxygens (including phenoxy) is 1. The molecule has 0 aromatic heterocycles. The molecule has 1 unspecified atom stereocenters. The van der Waals surface area contributed by atoms with Gasteiger partial charge in [0, 0.05) is 11.4 Å². The van der Waals surface area contributed by atoms with Crippen molar-refractivity contribution in [3.63, 3.8) is 0 Å². The van der Waals surface area contributed by atoms with Gasteiger partial charge < -0.3 is 15.2 Å². The minimum Gasteiger partial charge on any atom is -0.489 e. The normalized spacial score (nSPS) is 13.9. The van der Waals surface area contributed by atoms with Gasteiger partial charge in [0.1, 0.15) is 23.5 Å². The number of benzene rings is 2. The molecule has 0 saturated heterocycles. The lowest BCUT2D eigenvalue weighted by Gasteiger charge is -2.14. The fourth-order valence-corrected chi connectivity index (χ4v) is 4.05. The average molecular weight is 426 g/mol. The minimum absolute atomic E-state index is 0.0122. The molecule has 0 radical (unpaired) electrons. The summed E-state index contributed by atoms with van der Waals surface area (Å²) in [7, 11) is 0. The second-order valence-corrected chi connectivity index (χ2v) is 8.23. The second-order valence-electron chi connectivity index (χ2n) is 6.39. The van der Waals surface area contributed by atoms with Gasteiger partial charge in [-0.1, -0.05) is 35.3 Å². The third-order valence-electron chi connectivity index (χ3n) is 4.32. The maximum absolute atomic E-state index is 12.0. The van der Waals surface area contributed by atoms with E-state index in [0.717, 1.165) is 17.7 Å². The van der Waals surface area contributed by atoms with Crippen molar-refractivity contribution in [2.45, 2.75) is 30.3 Å². The smallest absolute Gasteiger partial charge is 0.230 e. The van der Waals surface area contributed by atoms with E-state index in [2.05, 4.69) is 23.5 Å². The highest BCUT2D eigenvalue weighted by atomic mass is 35.5. The van der Waals surface area contributed by atoms with E-state index >= 15 is 0 Å². The van der Waals surface area contributed by atoms with Crippen LogP contribution in [0.15, 0.2) is 41.3 Å². The Morgan fingerprint density at radius 1 is 1.22 bits per heavy atom. The van der Waals surface area contributed by atoms with Gasteiger partial charge in [-0.2, -0.15) is 0 Å². The number of nitrogens with one attached hydrogen (secondary N) is 1. The summed E-state index contributed by atoms with van der Waals surface area (Å²) < 4.78 is 5.46. The highest BCUT2D eigenvalue weighted by molar-refractivity contribution is 8.00. The van der Waals surface area contributed by atoms with Gasteiger partial charge in [-0.15, -0.1) is 11.8 Å². The van der Waals surface area contributed by atoms with Crippen LogP contribution in [0, 0.1) is 0 Å². The summed E-state index contributed by atoms with van der Waals surface area (Å²) in [5.41, 5.74) is 2.82. The van der Waals surface area contributed by atoms with Crippen LogP contribution in [-0.4, -0.2) is 36.0 Å². The summed E-state index contributed by atoms with van der Waals surface area (Å²) in [6.07, 6.45) is 2.65. The first-order valence-corrected chi connectivity index (χ1v) is 10.5. The van der Waals surface area contributed by atoms with Crippen LogP contribution in [0.2, 0.25) is 10.0 Å². The lowest BCUT2D eigenvalue weighted by molar-refractivity contribution is -0.119. The third kappa shape index (κ3) is 5.79. The quantitative estimate of drug-likeness (QED) is 0.624. The second kappa shape index (κ2) is 9.69. The van der Waals surface area contributed by atoms with Crippen LogP contribution in [-0.2, 0) is 17.6 Å². The Hall–Kier alpha value is -1.40. The van der Waals surface area contributed by atoms with E-state index in [1.807, 2.05) is 0 Å². The van der Waals surface area contributed by atoms with Crippen molar-refractivity contribution >= 4 is 40.9 Å². The number of amides is 1. The van der Waals surface area contributed by atoms with E-state index in [4.69, 9.17) is 27.9 Å². The molecule has 0 spiro atoms. The van der Waals surface area contributed by atoms with E-state index in [9.17, 15) is 9.90 Å². The molecular formula is C20H21Cl2NO3S. The fraction of sp³-hybridized carbons (Fsp3) is 0.350. The maximum atomic E-state index is 12.0. The first kappa shape index (κ1) is 20.3. The highest BCUT2D eigenvalue weighted by Gasteiger charge is 2.13. The Kier molecular flexibility index (Phi) is 7.30. The van der Waals surface area contributed by atoms with Gasteiger partial charge in [0.2, 0.25) is 5.91 Å². The standard InChI is InChI=1S/C20H21Cl2NO3S/c21-17-5-2-6-18(20(17)22)26-11-15(24)10-23-19(25)12-27-16-8-7-13-3-1-4-14(13)9-16/h2,5-9,15,24H,1,3-4,10-12H2,(H,23,25). The zero-order valence-corrected chi connectivity index (χ0v) is 17.0. The molecule has 0 aliphatic heterocycles. The maximum Gasteiger partial charge on any atom is 0.230 e. The summed E-state index contributed by atoms with van der Waals surface area (Å²) >= 11 is 13.4. The Bertz CT molecular complexity index is 816. The Labute approximate surface area is 173 Å². The van der Waals surface area contributed by atoms with Crippen LogP contribution >= 0.6 is 35.0 Å². The molecule has 0 heterocycles. The predicted octanol–water partition coefficient (Wildman–Crippen LogP) is 4.13. The monoisotopic (exact) mass is 425 g/mol. The van der Waals surface area contributed by atoms with Crippen LogP contribution in [0.5, 0.6) is 5.75 Å². The van der Waals surface area contributed by atoms with Crippen molar-refractivity contribution in [3.8, 4) is 5.75 Å². The Morgan fingerprint density at radius 3 is 2.89 bits per heavy atom. The number of aryl methyl sites for hydroxylation is 2. The van der Waals surface area contributed by atoms with Crippen LogP contribution in [0.25, 0.3) is 0 Å². The van der Waals surface area contributed by atoms with E-state index in [1.165, 1.54) is 29.3 Å². The molecule has 144 valence electrons. The van der Waals surface area contributed by atoms with Crippen LogP contribution in [0.4, 0.5) is 0 Å². The SMILES string of the molecule is O=C(CSc1ccc2c(c1)CCC2)NCC(O)COc1cccc(Cl)c1Cl. The van der Waals surface area contributed by atoms with Crippen molar-refractivity contribution in [2.24, 2.45) is 0 Å². The number of aliphatic hydroxyl groups is 1. The van der Waals surface area contributed by atoms with E-state index in [0.29, 0.717) is 21.5 Å². The topological polar surface area (TPSA) is 58.6 Å². The number of rotatable bonds is 8. The Morgan fingerprint density at radius 2 is 2.04 bits per heavy atom. The molecule has 1 amide bonds. The molecule has 2 aromatic rings. The lowest BCUT2D eigenvalue weighted by Crippen LogP contribution is -2.36. The van der Waals surface area contributed by atoms with Gasteiger partial charge in [0.05, 0.1) is 10.8 Å². The van der Waals surface area contributed by atoms with E-state index < -0.39 is 6.10 Å². The van der Waals surface area contributed by atoms with Gasteiger partial charge in [-0.25, -0.2) is 0 Å². The number of hydrogen-bond acceptors (Lipinski definition) is 4. The number of fused-ring (bicyclic) bond motifs is 1. The molecule has 27 heavy (non-hydrogen) atoms. The predicted molar refractivity (Wildman–Crippen MR) is 110 cm³/mol. The lowest BCUT2D eigenvalue weighted by atomic mass is 10.1. The van der Waals surface area contributed by atoms with Crippen LogP contribution < -0.4 is 10.1 Å². The number of carbonyl (C=O) groups excluding carboxylic acids is 1. The van der Waals surface area contributed by atoms with Gasteiger partial charge >= 0.3 is 0 Å². The van der Waals surface area contributed by atoms with Gasteiger partial charge in [-0.3, -0.25) is 4.79 Å². The molecule has 2 aromatic carbocycles. The average Bonchev–Trinajstić information content (AvgIpc) is 3.13. The highest BCUT2D eigenvalue weighted by Crippen LogP contribution is 2.31. The summed E-state index contributed by atoms with van der Waals surface area (Å²) in [6.45, 7) is 0.125. The molecule has 3 rings (SSSR count). The number of carbonyl (C=O) groups is 1. The van der Waals surface area contributed by atoms with E-state index in [-0.39, 0.29) is 19.1 Å². The van der Waals surface area contributed by atoms with Crippen molar-refractivity contribution in [1.82, 2.24) is 5.32 Å². The third-order valence-corrected chi connectivity index (χ3v) is 6.12. The van der Waals surface area contributed by atoms with Crippen LogP contribution in [0.1, 0.15) is 17.5 Å². The summed E-state index contributed by atoms with van der Waals surface area (Å²) in [5, 5.41) is 13.4. The van der Waals surface area contributed by atoms with E-state index in [1.54, 1.807) is 18.2 Å². The zero-order valence-electron chi connectivity index (χ0n) is 14.7. The minimum atomic E-state index is -0.839. The molecule has 4 nitrogen and oxygen atoms in total. The van der Waals surface area contributed by atoms with Crippen molar-refractivity contribution in [1.29, 1.82) is 0 Å². The molecule has 1 atom stereocenters. The zero-order chi connectivity index (χ0) is 19.2. The van der Waals surface area contributed by atoms with Crippen LogP contribution in [0.3, 0.4) is 0 Å². The molecule has 0 fully saturated rings.